The van der Waals surface area contributed by atoms with Crippen molar-refractivity contribution in [1.82, 2.24) is 0 Å². The zero-order chi connectivity index (χ0) is 12.3. The molecule has 0 aromatic heterocycles. The number of hydrogen-bond donors (Lipinski definition) is 0. The normalized spacial score (nSPS) is 20.3. The predicted molar refractivity (Wildman–Crippen MR) is 60.6 cm³/mol. The van der Waals surface area contributed by atoms with Crippen molar-refractivity contribution in [2.24, 2.45) is 0 Å². The molecule has 5 nitrogen and oxygen atoms in total. The second kappa shape index (κ2) is 5.60. The molecule has 0 aliphatic rings. The van der Waals surface area contributed by atoms with Crippen LogP contribution in [-0.4, -0.2) is 25.5 Å². The number of rotatable bonds is 6. The lowest BCUT2D eigenvalue weighted by molar-refractivity contribution is 0.181. The molecule has 0 amide bonds. The van der Waals surface area contributed by atoms with Crippen LogP contribution in [0.4, 0.5) is 0 Å². The molecule has 7 heteroatoms. The van der Waals surface area contributed by atoms with E-state index in [1.165, 1.54) is 13.3 Å². The summed E-state index contributed by atoms with van der Waals surface area (Å²) in [6, 6.07) is 0. The van der Waals surface area contributed by atoms with E-state index >= 15 is 0 Å². The molecule has 2 unspecified atom stereocenters. The minimum atomic E-state index is -3.31. The predicted octanol–water partition coefficient (Wildman–Crippen LogP) is 3.50. The summed E-state index contributed by atoms with van der Waals surface area (Å²) < 4.78 is 38.4. The highest BCUT2D eigenvalue weighted by atomic mass is 31.3. The highest BCUT2D eigenvalue weighted by Gasteiger charge is 2.30. The molecule has 0 saturated carbocycles. The maximum atomic E-state index is 11.7. The Morgan fingerprint density at radius 3 is 1.27 bits per heavy atom. The molecule has 0 radical (unpaired) electrons. The van der Waals surface area contributed by atoms with Crippen molar-refractivity contribution >= 4 is 15.2 Å². The Morgan fingerprint density at radius 2 is 1.07 bits per heavy atom. The largest absolute Gasteiger partial charge is 0.335 e. The van der Waals surface area contributed by atoms with Crippen LogP contribution in [0.5, 0.6) is 0 Å². The van der Waals surface area contributed by atoms with Gasteiger partial charge >= 0.3 is 15.2 Å². The first-order valence-electron chi connectivity index (χ1n) is 4.77. The van der Waals surface area contributed by atoms with E-state index < -0.39 is 15.2 Å². The van der Waals surface area contributed by atoms with Crippen molar-refractivity contribution in [3.63, 3.8) is 0 Å². The van der Waals surface area contributed by atoms with Gasteiger partial charge in [0.05, 0.1) is 12.2 Å². The van der Waals surface area contributed by atoms with Gasteiger partial charge in [0.1, 0.15) is 0 Å². The van der Waals surface area contributed by atoms with Crippen LogP contribution in [-0.2, 0) is 22.5 Å². The van der Waals surface area contributed by atoms with E-state index in [0.717, 1.165) is 0 Å². The van der Waals surface area contributed by atoms with Crippen molar-refractivity contribution in [2.75, 3.05) is 13.3 Å². The van der Waals surface area contributed by atoms with Gasteiger partial charge in [-0.25, -0.2) is 4.31 Å². The maximum absolute atomic E-state index is 11.7. The average molecular weight is 258 g/mol. The molecule has 0 N–H and O–H groups in total. The standard InChI is InChI=1S/C8H20O5P2/c1-7(2)11-14(5,9)13-15(6,10)12-8(3)4/h7-8H,1-6H3. The fourth-order valence-corrected chi connectivity index (χ4v) is 5.07. The van der Waals surface area contributed by atoms with Crippen LogP contribution in [0.25, 0.3) is 0 Å². The van der Waals surface area contributed by atoms with Crippen LogP contribution < -0.4 is 0 Å². The maximum Gasteiger partial charge on any atom is 0.335 e. The minimum Gasteiger partial charge on any atom is -0.306 e. The molecule has 0 fully saturated rings. The third-order valence-electron chi connectivity index (χ3n) is 1.10. The lowest BCUT2D eigenvalue weighted by Gasteiger charge is -2.22. The molecule has 92 valence electrons. The SMILES string of the molecule is CC(C)OP(C)(=O)OP(C)(=O)OC(C)C. The van der Waals surface area contributed by atoms with Crippen LogP contribution in [0.3, 0.4) is 0 Å². The van der Waals surface area contributed by atoms with Gasteiger partial charge in [-0.3, -0.25) is 9.13 Å². The second-order valence-corrected chi connectivity index (χ2v) is 8.09. The molecule has 0 bridgehead atoms. The Morgan fingerprint density at radius 1 is 0.800 bits per heavy atom. The van der Waals surface area contributed by atoms with Crippen molar-refractivity contribution < 1.29 is 22.5 Å². The Kier molecular flexibility index (Phi) is 5.73. The minimum absolute atomic E-state index is 0.250. The van der Waals surface area contributed by atoms with Gasteiger partial charge in [-0.05, 0) is 27.7 Å². The molecule has 0 rings (SSSR count). The first-order valence-corrected chi connectivity index (χ1v) is 8.75. The van der Waals surface area contributed by atoms with Gasteiger partial charge in [0.25, 0.3) is 0 Å². The molecular formula is C8H20O5P2. The summed E-state index contributed by atoms with van der Waals surface area (Å²) >= 11 is 0. The van der Waals surface area contributed by atoms with Gasteiger partial charge in [-0.15, -0.1) is 0 Å². The van der Waals surface area contributed by atoms with Crippen molar-refractivity contribution in [2.45, 2.75) is 39.9 Å². The van der Waals surface area contributed by atoms with Gasteiger partial charge in [-0.1, -0.05) is 0 Å². The molecule has 0 aromatic rings. The molecule has 0 aliphatic carbocycles. The molecule has 0 heterocycles. The van der Waals surface area contributed by atoms with Gasteiger partial charge < -0.3 is 9.05 Å². The third kappa shape index (κ3) is 8.18. The Hall–Kier alpha value is 0.340. The zero-order valence-electron chi connectivity index (χ0n) is 10.1. The molecule has 0 saturated heterocycles. The van der Waals surface area contributed by atoms with Crippen molar-refractivity contribution in [3.05, 3.63) is 0 Å². The molecule has 0 spiro atoms. The molecule has 2 atom stereocenters. The topological polar surface area (TPSA) is 61.8 Å². The first kappa shape index (κ1) is 15.3. The molecule has 15 heavy (non-hydrogen) atoms. The third-order valence-corrected chi connectivity index (χ3v) is 5.08. The lowest BCUT2D eigenvalue weighted by Crippen LogP contribution is -2.05. The van der Waals surface area contributed by atoms with Crippen LogP contribution in [0.15, 0.2) is 0 Å². The van der Waals surface area contributed by atoms with E-state index in [-0.39, 0.29) is 12.2 Å². The summed E-state index contributed by atoms with van der Waals surface area (Å²) in [4.78, 5) is 0. The van der Waals surface area contributed by atoms with Crippen LogP contribution in [0.2, 0.25) is 0 Å². The van der Waals surface area contributed by atoms with E-state index in [9.17, 15) is 9.13 Å². The first-order chi connectivity index (χ1) is 6.54. The molecule has 0 aromatic carbocycles. The van der Waals surface area contributed by atoms with E-state index in [4.69, 9.17) is 13.4 Å². The smallest absolute Gasteiger partial charge is 0.306 e. The molecule has 0 aliphatic heterocycles. The van der Waals surface area contributed by atoms with E-state index in [1.807, 2.05) is 0 Å². The molecular weight excluding hydrogens is 238 g/mol. The van der Waals surface area contributed by atoms with Gasteiger partial charge in [0.15, 0.2) is 0 Å². The van der Waals surface area contributed by atoms with Crippen molar-refractivity contribution in [1.29, 1.82) is 0 Å². The Balaban J connectivity index is 4.44. The number of hydrogen-bond acceptors (Lipinski definition) is 5. The summed E-state index contributed by atoms with van der Waals surface area (Å²) in [5.74, 6) is 0. The average Bonchev–Trinajstić information content (AvgIpc) is 1.73. The van der Waals surface area contributed by atoms with Gasteiger partial charge in [0, 0.05) is 13.3 Å². The quantitative estimate of drug-likeness (QED) is 0.682. The zero-order valence-corrected chi connectivity index (χ0v) is 11.9. The van der Waals surface area contributed by atoms with Gasteiger partial charge in [-0.2, -0.15) is 0 Å². The van der Waals surface area contributed by atoms with Gasteiger partial charge in [0.2, 0.25) is 0 Å². The highest BCUT2D eigenvalue weighted by molar-refractivity contribution is 7.66. The summed E-state index contributed by atoms with van der Waals surface area (Å²) in [7, 11) is -6.63. The van der Waals surface area contributed by atoms with Crippen LogP contribution >= 0.6 is 15.2 Å². The monoisotopic (exact) mass is 258 g/mol. The summed E-state index contributed by atoms with van der Waals surface area (Å²) in [5, 5.41) is 0. The fraction of sp³-hybridized carbons (Fsp3) is 1.00. The Bertz CT molecular complexity index is 259. The second-order valence-electron chi connectivity index (χ2n) is 3.93. The van der Waals surface area contributed by atoms with E-state index in [1.54, 1.807) is 27.7 Å². The van der Waals surface area contributed by atoms with E-state index in [2.05, 4.69) is 0 Å². The van der Waals surface area contributed by atoms with E-state index in [0.29, 0.717) is 0 Å². The lowest BCUT2D eigenvalue weighted by atomic mass is 10.5. The summed E-state index contributed by atoms with van der Waals surface area (Å²) in [5.41, 5.74) is 0. The van der Waals surface area contributed by atoms with Crippen LogP contribution in [0, 0.1) is 0 Å². The Labute approximate surface area is 91.6 Å². The summed E-state index contributed by atoms with van der Waals surface area (Å²) in [6.45, 7) is 9.47. The van der Waals surface area contributed by atoms with Crippen LogP contribution in [0.1, 0.15) is 27.7 Å². The summed E-state index contributed by atoms with van der Waals surface area (Å²) in [6.07, 6.45) is -0.500. The fourth-order valence-electron chi connectivity index (χ4n) is 1.07. The highest BCUT2D eigenvalue weighted by Crippen LogP contribution is 2.61. The van der Waals surface area contributed by atoms with Crippen molar-refractivity contribution in [3.8, 4) is 0 Å².